The Morgan fingerprint density at radius 2 is 2.12 bits per heavy atom. The second kappa shape index (κ2) is 6.09. The molecule has 0 saturated heterocycles. The van der Waals surface area contributed by atoms with E-state index in [0.717, 1.165) is 17.7 Å². The number of aliphatic hydroxyl groups is 1. The van der Waals surface area contributed by atoms with E-state index in [4.69, 9.17) is 22.4 Å². The largest absolute Gasteiger partial charge is 0.396 e. The van der Waals surface area contributed by atoms with E-state index in [9.17, 15) is 0 Å². The minimum absolute atomic E-state index is 0.101. The second-order valence-corrected chi connectivity index (χ2v) is 4.48. The van der Waals surface area contributed by atoms with Gasteiger partial charge in [-0.15, -0.1) is 0 Å². The van der Waals surface area contributed by atoms with Crippen LogP contribution >= 0.6 is 11.6 Å². The number of hydrogen-bond donors (Lipinski definition) is 2. The second-order valence-electron chi connectivity index (χ2n) is 4.07. The van der Waals surface area contributed by atoms with Crippen LogP contribution in [0.4, 0.5) is 5.69 Å². The van der Waals surface area contributed by atoms with Gasteiger partial charge in [0.05, 0.1) is 0 Å². The monoisotopic (exact) mass is 242 g/mol. The molecular weight excluding hydrogens is 224 g/mol. The molecule has 3 nitrogen and oxygen atoms in total. The van der Waals surface area contributed by atoms with Crippen molar-refractivity contribution in [3.05, 3.63) is 28.8 Å². The van der Waals surface area contributed by atoms with E-state index in [1.165, 1.54) is 0 Å². The first-order valence-corrected chi connectivity index (χ1v) is 5.77. The highest BCUT2D eigenvalue weighted by atomic mass is 35.5. The average molecular weight is 243 g/mol. The van der Waals surface area contributed by atoms with Crippen molar-refractivity contribution in [3.63, 3.8) is 0 Å². The van der Waals surface area contributed by atoms with E-state index in [1.807, 2.05) is 37.2 Å². The van der Waals surface area contributed by atoms with Gasteiger partial charge in [0.1, 0.15) is 0 Å². The van der Waals surface area contributed by atoms with Crippen LogP contribution in [0, 0.1) is 0 Å². The van der Waals surface area contributed by atoms with Crippen LogP contribution in [0.25, 0.3) is 0 Å². The molecule has 90 valence electrons. The molecule has 1 aromatic carbocycles. The molecular formula is C12H19ClN2O. The number of benzene rings is 1. The number of anilines is 1. The summed E-state index contributed by atoms with van der Waals surface area (Å²) in [4.78, 5) is 1.99. The van der Waals surface area contributed by atoms with Gasteiger partial charge in [0.2, 0.25) is 0 Å². The van der Waals surface area contributed by atoms with Gasteiger partial charge in [0, 0.05) is 37.5 Å². The summed E-state index contributed by atoms with van der Waals surface area (Å²) < 4.78 is 0. The Balaban J connectivity index is 2.81. The Hall–Kier alpha value is -0.770. The van der Waals surface area contributed by atoms with Crippen LogP contribution in [-0.2, 0) is 0 Å². The van der Waals surface area contributed by atoms with Crippen molar-refractivity contribution >= 4 is 17.3 Å². The maximum absolute atomic E-state index is 8.75. The first-order valence-electron chi connectivity index (χ1n) is 5.39. The van der Waals surface area contributed by atoms with Gasteiger partial charge in [-0.05, 0) is 30.5 Å². The van der Waals surface area contributed by atoms with Crippen LogP contribution in [0.5, 0.6) is 0 Å². The molecule has 0 heterocycles. The van der Waals surface area contributed by atoms with Crippen LogP contribution in [0.3, 0.4) is 0 Å². The Labute approximate surface area is 102 Å². The molecule has 0 aliphatic heterocycles. The van der Waals surface area contributed by atoms with Gasteiger partial charge in [0.25, 0.3) is 0 Å². The minimum Gasteiger partial charge on any atom is -0.396 e. The molecule has 0 saturated carbocycles. The summed E-state index contributed by atoms with van der Waals surface area (Å²) in [5.41, 5.74) is 8.00. The van der Waals surface area contributed by atoms with Gasteiger partial charge in [-0.25, -0.2) is 0 Å². The summed E-state index contributed by atoms with van der Waals surface area (Å²) in [5.74, 6) is 0. The molecule has 3 N–H and O–H groups in total. The van der Waals surface area contributed by atoms with Crippen molar-refractivity contribution in [2.45, 2.75) is 18.9 Å². The van der Waals surface area contributed by atoms with E-state index in [1.54, 1.807) is 0 Å². The molecule has 0 radical (unpaired) electrons. The van der Waals surface area contributed by atoms with Crippen LogP contribution in [0.2, 0.25) is 5.02 Å². The molecule has 0 fully saturated rings. The SMILES string of the molecule is CN(C)c1ccc([C@@H](N)CCCO)c(Cl)c1. The third kappa shape index (κ3) is 3.37. The fourth-order valence-corrected chi connectivity index (χ4v) is 1.88. The number of rotatable bonds is 5. The van der Waals surface area contributed by atoms with Crippen molar-refractivity contribution in [2.24, 2.45) is 5.73 Å². The summed E-state index contributed by atoms with van der Waals surface area (Å²) in [7, 11) is 3.94. The molecule has 0 aromatic heterocycles. The topological polar surface area (TPSA) is 49.5 Å². The van der Waals surface area contributed by atoms with E-state index in [0.29, 0.717) is 11.4 Å². The normalized spacial score (nSPS) is 12.6. The lowest BCUT2D eigenvalue weighted by Crippen LogP contribution is -2.13. The molecule has 0 aliphatic carbocycles. The van der Waals surface area contributed by atoms with E-state index >= 15 is 0 Å². The third-order valence-electron chi connectivity index (χ3n) is 2.57. The molecule has 1 aromatic rings. The zero-order chi connectivity index (χ0) is 12.1. The Morgan fingerprint density at radius 3 is 2.62 bits per heavy atom. The predicted octanol–water partition coefficient (Wildman–Crippen LogP) is 2.18. The number of nitrogens with zero attached hydrogens (tertiary/aromatic N) is 1. The highest BCUT2D eigenvalue weighted by Gasteiger charge is 2.10. The quantitative estimate of drug-likeness (QED) is 0.832. The number of halogens is 1. The fourth-order valence-electron chi connectivity index (χ4n) is 1.56. The van der Waals surface area contributed by atoms with Gasteiger partial charge in [0.15, 0.2) is 0 Å². The summed E-state index contributed by atoms with van der Waals surface area (Å²) in [6.45, 7) is 0.168. The molecule has 1 atom stereocenters. The Bertz CT molecular complexity index is 342. The fraction of sp³-hybridized carbons (Fsp3) is 0.500. The first kappa shape index (κ1) is 13.3. The lowest BCUT2D eigenvalue weighted by Gasteiger charge is -2.17. The molecule has 0 aliphatic rings. The van der Waals surface area contributed by atoms with Gasteiger partial charge < -0.3 is 15.7 Å². The Kier molecular flexibility index (Phi) is 5.06. The van der Waals surface area contributed by atoms with E-state index < -0.39 is 0 Å². The first-order chi connectivity index (χ1) is 7.56. The molecule has 4 heteroatoms. The smallest absolute Gasteiger partial charge is 0.0474 e. The summed E-state index contributed by atoms with van der Waals surface area (Å²) >= 11 is 6.18. The predicted molar refractivity (Wildman–Crippen MR) is 69.0 cm³/mol. The molecule has 16 heavy (non-hydrogen) atoms. The van der Waals surface area contributed by atoms with Gasteiger partial charge >= 0.3 is 0 Å². The maximum Gasteiger partial charge on any atom is 0.0474 e. The zero-order valence-corrected chi connectivity index (χ0v) is 10.5. The third-order valence-corrected chi connectivity index (χ3v) is 2.90. The summed E-state index contributed by atoms with van der Waals surface area (Å²) in [6.07, 6.45) is 1.45. The zero-order valence-electron chi connectivity index (χ0n) is 9.78. The molecule has 0 bridgehead atoms. The number of nitrogens with two attached hydrogens (primary N) is 1. The lowest BCUT2D eigenvalue weighted by molar-refractivity contribution is 0.280. The average Bonchev–Trinajstić information content (AvgIpc) is 2.25. The van der Waals surface area contributed by atoms with Crippen molar-refractivity contribution in [1.82, 2.24) is 0 Å². The molecule has 0 amide bonds. The highest BCUT2D eigenvalue weighted by molar-refractivity contribution is 6.31. The van der Waals surface area contributed by atoms with Crippen molar-refractivity contribution in [3.8, 4) is 0 Å². The molecule has 0 spiro atoms. The van der Waals surface area contributed by atoms with Gasteiger partial charge in [-0.2, -0.15) is 0 Å². The molecule has 0 unspecified atom stereocenters. The minimum atomic E-state index is -0.101. The Morgan fingerprint density at radius 1 is 1.44 bits per heavy atom. The van der Waals surface area contributed by atoms with Gasteiger partial charge in [-0.3, -0.25) is 0 Å². The highest BCUT2D eigenvalue weighted by Crippen LogP contribution is 2.28. The summed E-state index contributed by atoms with van der Waals surface area (Å²) in [6, 6.07) is 5.77. The summed E-state index contributed by atoms with van der Waals surface area (Å²) in [5, 5.41) is 9.44. The van der Waals surface area contributed by atoms with Gasteiger partial charge in [-0.1, -0.05) is 17.7 Å². The maximum atomic E-state index is 8.75. The number of aliphatic hydroxyl groups excluding tert-OH is 1. The van der Waals surface area contributed by atoms with Crippen LogP contribution in [0.15, 0.2) is 18.2 Å². The van der Waals surface area contributed by atoms with Crippen LogP contribution < -0.4 is 10.6 Å². The van der Waals surface area contributed by atoms with Crippen molar-refractivity contribution in [2.75, 3.05) is 25.6 Å². The molecule has 1 rings (SSSR count). The van der Waals surface area contributed by atoms with Crippen LogP contribution in [0.1, 0.15) is 24.4 Å². The van der Waals surface area contributed by atoms with Crippen LogP contribution in [-0.4, -0.2) is 25.8 Å². The van der Waals surface area contributed by atoms with E-state index in [-0.39, 0.29) is 12.6 Å². The number of hydrogen-bond acceptors (Lipinski definition) is 3. The van der Waals surface area contributed by atoms with E-state index in [2.05, 4.69) is 0 Å². The van der Waals surface area contributed by atoms with Crippen molar-refractivity contribution < 1.29 is 5.11 Å². The van der Waals surface area contributed by atoms with Crippen molar-refractivity contribution in [1.29, 1.82) is 0 Å². The lowest BCUT2D eigenvalue weighted by atomic mass is 10.0. The standard InChI is InChI=1S/C12H19ClN2O/c1-15(2)9-5-6-10(11(13)8-9)12(14)4-3-7-16/h5-6,8,12,16H,3-4,7,14H2,1-2H3/t12-/m0/s1.